The lowest BCUT2D eigenvalue weighted by molar-refractivity contribution is 1.50. The van der Waals surface area contributed by atoms with Gasteiger partial charge in [0.15, 0.2) is 0 Å². The van der Waals surface area contributed by atoms with Crippen molar-refractivity contribution in [1.82, 2.24) is 0 Å². The summed E-state index contributed by atoms with van der Waals surface area (Å²) in [5.74, 6) is 0. The summed E-state index contributed by atoms with van der Waals surface area (Å²) < 4.78 is 1.15. The summed E-state index contributed by atoms with van der Waals surface area (Å²) in [6, 6.07) is 7.85. The number of benzene rings is 1. The van der Waals surface area contributed by atoms with Gasteiger partial charge < -0.3 is 5.73 Å². The van der Waals surface area contributed by atoms with E-state index in [4.69, 9.17) is 11.0 Å². The lowest BCUT2D eigenvalue weighted by atomic mass is 10.1. The van der Waals surface area contributed by atoms with E-state index in [1.165, 1.54) is 4.88 Å². The van der Waals surface area contributed by atoms with Crippen LogP contribution in [0, 0.1) is 18.3 Å². The normalized spacial score (nSPS) is 10.2. The van der Waals surface area contributed by atoms with E-state index >= 15 is 0 Å². The third kappa shape index (κ3) is 1.25. The van der Waals surface area contributed by atoms with Gasteiger partial charge >= 0.3 is 0 Å². The van der Waals surface area contributed by atoms with Crippen LogP contribution in [0.5, 0.6) is 0 Å². The number of hydrogen-bond donors (Lipinski definition) is 1. The first kappa shape index (κ1) is 8.09. The molecule has 0 saturated heterocycles. The third-order valence-corrected chi connectivity index (χ3v) is 2.95. The molecule has 0 atom stereocenters. The summed E-state index contributed by atoms with van der Waals surface area (Å²) in [7, 11) is 0. The van der Waals surface area contributed by atoms with Crippen molar-refractivity contribution in [3.63, 3.8) is 0 Å². The second-order valence-corrected chi connectivity index (χ2v) is 4.23. The van der Waals surface area contributed by atoms with Gasteiger partial charge in [-0.3, -0.25) is 0 Å². The highest BCUT2D eigenvalue weighted by molar-refractivity contribution is 7.19. The van der Waals surface area contributed by atoms with Crippen LogP contribution in [0.4, 0.5) is 5.69 Å². The van der Waals surface area contributed by atoms with Crippen LogP contribution in [0.3, 0.4) is 0 Å². The number of nitrogen functional groups attached to an aromatic ring is 1. The quantitative estimate of drug-likeness (QED) is 0.646. The van der Waals surface area contributed by atoms with Gasteiger partial charge in [-0.15, -0.1) is 11.3 Å². The molecular formula is C10H8N2S. The van der Waals surface area contributed by atoms with Crippen LogP contribution in [0.15, 0.2) is 18.2 Å². The molecular weight excluding hydrogens is 180 g/mol. The molecule has 2 N–H and O–H groups in total. The van der Waals surface area contributed by atoms with E-state index in [-0.39, 0.29) is 0 Å². The maximum absolute atomic E-state index is 8.76. The van der Waals surface area contributed by atoms with Gasteiger partial charge in [0.05, 0.1) is 11.3 Å². The molecule has 0 aliphatic heterocycles. The number of aryl methyl sites for hydroxylation is 1. The SMILES string of the molecule is Cc1cc2cc(C#N)c(N)cc2s1. The molecule has 0 amide bonds. The number of nitrogens with zero attached hydrogens (tertiary/aromatic N) is 1. The van der Waals surface area contributed by atoms with E-state index in [1.807, 2.05) is 19.1 Å². The number of anilines is 1. The zero-order valence-electron chi connectivity index (χ0n) is 7.16. The summed E-state index contributed by atoms with van der Waals surface area (Å²) in [5, 5.41) is 9.86. The Bertz CT molecular complexity index is 505. The van der Waals surface area contributed by atoms with Gasteiger partial charge in [0.25, 0.3) is 0 Å². The molecule has 0 bridgehead atoms. The maximum atomic E-state index is 8.76. The summed E-state index contributed by atoms with van der Waals surface area (Å²) in [6.45, 7) is 2.05. The van der Waals surface area contributed by atoms with E-state index in [2.05, 4.69) is 12.1 Å². The Balaban J connectivity index is 2.82. The molecule has 0 aliphatic rings. The molecule has 0 saturated carbocycles. The molecule has 0 fully saturated rings. The van der Waals surface area contributed by atoms with Crippen molar-refractivity contribution >= 4 is 27.1 Å². The number of fused-ring (bicyclic) bond motifs is 1. The van der Waals surface area contributed by atoms with Gasteiger partial charge in [0.1, 0.15) is 6.07 Å². The fraction of sp³-hybridized carbons (Fsp3) is 0.100. The second-order valence-electron chi connectivity index (χ2n) is 2.95. The summed E-state index contributed by atoms with van der Waals surface area (Å²) in [6.07, 6.45) is 0. The molecule has 13 heavy (non-hydrogen) atoms. The summed E-state index contributed by atoms with van der Waals surface area (Å²) in [5.41, 5.74) is 6.82. The summed E-state index contributed by atoms with van der Waals surface area (Å²) >= 11 is 1.70. The second kappa shape index (κ2) is 2.75. The van der Waals surface area contributed by atoms with Crippen molar-refractivity contribution < 1.29 is 0 Å². The minimum absolute atomic E-state index is 0.560. The fourth-order valence-corrected chi connectivity index (χ4v) is 2.29. The topological polar surface area (TPSA) is 49.8 Å². The Morgan fingerprint density at radius 3 is 2.85 bits per heavy atom. The molecule has 0 aliphatic carbocycles. The van der Waals surface area contributed by atoms with Gasteiger partial charge in [0.2, 0.25) is 0 Å². The predicted octanol–water partition coefficient (Wildman–Crippen LogP) is 2.66. The Morgan fingerprint density at radius 2 is 2.15 bits per heavy atom. The number of rotatable bonds is 0. The van der Waals surface area contributed by atoms with E-state index in [0.29, 0.717) is 11.3 Å². The van der Waals surface area contributed by atoms with Crippen molar-refractivity contribution in [3.8, 4) is 6.07 Å². The van der Waals surface area contributed by atoms with Crippen molar-refractivity contribution in [2.75, 3.05) is 5.73 Å². The van der Waals surface area contributed by atoms with Gasteiger partial charge in [-0.1, -0.05) is 0 Å². The van der Waals surface area contributed by atoms with Crippen LogP contribution in [-0.2, 0) is 0 Å². The number of thiophene rings is 1. The Morgan fingerprint density at radius 1 is 1.38 bits per heavy atom. The Labute approximate surface area is 80.2 Å². The molecule has 1 aromatic heterocycles. The molecule has 0 spiro atoms. The van der Waals surface area contributed by atoms with Gasteiger partial charge in [0, 0.05) is 9.58 Å². The van der Waals surface area contributed by atoms with Crippen LogP contribution in [-0.4, -0.2) is 0 Å². The molecule has 2 rings (SSSR count). The minimum Gasteiger partial charge on any atom is -0.398 e. The molecule has 0 radical (unpaired) electrons. The molecule has 0 unspecified atom stereocenters. The largest absolute Gasteiger partial charge is 0.398 e. The van der Waals surface area contributed by atoms with E-state index < -0.39 is 0 Å². The first-order valence-electron chi connectivity index (χ1n) is 3.90. The van der Waals surface area contributed by atoms with Crippen LogP contribution in [0.25, 0.3) is 10.1 Å². The monoisotopic (exact) mass is 188 g/mol. The highest BCUT2D eigenvalue weighted by Crippen LogP contribution is 2.28. The van der Waals surface area contributed by atoms with Gasteiger partial charge in [-0.05, 0) is 30.5 Å². The average Bonchev–Trinajstić information content (AvgIpc) is 2.42. The molecule has 2 nitrogen and oxygen atoms in total. The molecule has 1 aromatic carbocycles. The zero-order chi connectivity index (χ0) is 9.42. The van der Waals surface area contributed by atoms with Crippen LogP contribution < -0.4 is 5.73 Å². The third-order valence-electron chi connectivity index (χ3n) is 1.93. The molecule has 1 heterocycles. The Kier molecular flexibility index (Phi) is 1.71. The fourth-order valence-electron chi connectivity index (χ4n) is 1.33. The van der Waals surface area contributed by atoms with Gasteiger partial charge in [-0.2, -0.15) is 5.26 Å². The number of hydrogen-bond acceptors (Lipinski definition) is 3. The van der Waals surface area contributed by atoms with Crippen molar-refractivity contribution in [2.45, 2.75) is 6.92 Å². The highest BCUT2D eigenvalue weighted by Gasteiger charge is 2.03. The van der Waals surface area contributed by atoms with E-state index in [0.717, 1.165) is 10.1 Å². The maximum Gasteiger partial charge on any atom is 0.101 e. The van der Waals surface area contributed by atoms with Crippen molar-refractivity contribution in [2.24, 2.45) is 0 Å². The van der Waals surface area contributed by atoms with Crippen LogP contribution in [0.2, 0.25) is 0 Å². The number of nitriles is 1. The first-order valence-corrected chi connectivity index (χ1v) is 4.72. The lowest BCUT2D eigenvalue weighted by Crippen LogP contribution is -1.88. The summed E-state index contributed by atoms with van der Waals surface area (Å²) in [4.78, 5) is 1.24. The number of nitrogens with two attached hydrogens (primary N) is 1. The Hall–Kier alpha value is -1.53. The predicted molar refractivity (Wildman–Crippen MR) is 55.7 cm³/mol. The zero-order valence-corrected chi connectivity index (χ0v) is 7.98. The van der Waals surface area contributed by atoms with Gasteiger partial charge in [-0.25, -0.2) is 0 Å². The standard InChI is InChI=1S/C10H8N2S/c1-6-2-7-3-8(5-11)9(12)4-10(7)13-6/h2-4H,12H2,1H3. The van der Waals surface area contributed by atoms with Crippen LogP contribution in [0.1, 0.15) is 10.4 Å². The smallest absolute Gasteiger partial charge is 0.101 e. The highest BCUT2D eigenvalue weighted by atomic mass is 32.1. The van der Waals surface area contributed by atoms with Crippen LogP contribution >= 0.6 is 11.3 Å². The molecule has 3 heteroatoms. The van der Waals surface area contributed by atoms with Crippen molar-refractivity contribution in [3.05, 3.63) is 28.6 Å². The average molecular weight is 188 g/mol. The molecule has 64 valence electrons. The van der Waals surface area contributed by atoms with E-state index in [9.17, 15) is 0 Å². The van der Waals surface area contributed by atoms with Crippen molar-refractivity contribution in [1.29, 1.82) is 5.26 Å². The van der Waals surface area contributed by atoms with E-state index in [1.54, 1.807) is 11.3 Å². The lowest BCUT2D eigenvalue weighted by Gasteiger charge is -1.95. The molecule has 2 aromatic rings. The minimum atomic E-state index is 0.560. The first-order chi connectivity index (χ1) is 6.20.